The van der Waals surface area contributed by atoms with E-state index in [1.54, 1.807) is 11.3 Å². The maximum absolute atomic E-state index is 6.36. The predicted octanol–water partition coefficient (Wildman–Crippen LogP) is 6.26. The predicted molar refractivity (Wildman–Crippen MR) is 133 cm³/mol. The Bertz CT molecular complexity index is 1240. The topological polar surface area (TPSA) is 32.3 Å². The number of nitrogens with zero attached hydrogens (tertiary/aromatic N) is 4. The SMILES string of the molecule is Cc1cccc(N2CCN(c3nc(Cl)nc4sc(C)c(-c5ccccc5)c34)CC2)c1C. The zero-order valence-corrected chi connectivity index (χ0v) is 19.6. The second-order valence-electron chi connectivity index (χ2n) is 8.09. The third-order valence-electron chi connectivity index (χ3n) is 6.24. The normalized spacial score (nSPS) is 14.5. The number of fused-ring (bicyclic) bond motifs is 1. The van der Waals surface area contributed by atoms with Crippen molar-refractivity contribution in [1.82, 2.24) is 9.97 Å². The van der Waals surface area contributed by atoms with Crippen LogP contribution in [-0.4, -0.2) is 36.1 Å². The Morgan fingerprint density at radius 3 is 2.29 bits per heavy atom. The third-order valence-corrected chi connectivity index (χ3v) is 7.41. The molecule has 0 spiro atoms. The van der Waals surface area contributed by atoms with Gasteiger partial charge in [0.15, 0.2) is 0 Å². The first-order chi connectivity index (χ1) is 15.0. The molecule has 1 fully saturated rings. The molecular formula is C25H25ClN4S. The summed E-state index contributed by atoms with van der Waals surface area (Å²) in [5.74, 6) is 0.957. The molecule has 6 heteroatoms. The van der Waals surface area contributed by atoms with E-state index in [0.29, 0.717) is 5.28 Å². The highest BCUT2D eigenvalue weighted by molar-refractivity contribution is 7.19. The van der Waals surface area contributed by atoms with Crippen molar-refractivity contribution >= 4 is 44.7 Å². The summed E-state index contributed by atoms with van der Waals surface area (Å²) in [5.41, 5.74) is 6.47. The van der Waals surface area contributed by atoms with Crippen LogP contribution in [0.3, 0.4) is 0 Å². The molecule has 4 aromatic rings. The van der Waals surface area contributed by atoms with Gasteiger partial charge in [-0.25, -0.2) is 4.98 Å². The molecule has 5 rings (SSSR count). The summed E-state index contributed by atoms with van der Waals surface area (Å²) in [7, 11) is 0. The Kier molecular flexibility index (Phi) is 5.32. The van der Waals surface area contributed by atoms with E-state index < -0.39 is 0 Å². The highest BCUT2D eigenvalue weighted by atomic mass is 35.5. The molecule has 0 atom stereocenters. The van der Waals surface area contributed by atoms with Gasteiger partial charge in [-0.15, -0.1) is 11.3 Å². The first-order valence-electron chi connectivity index (χ1n) is 10.6. The second kappa shape index (κ2) is 8.13. The molecule has 0 amide bonds. The van der Waals surface area contributed by atoms with Crippen molar-refractivity contribution in [2.45, 2.75) is 20.8 Å². The lowest BCUT2D eigenvalue weighted by atomic mass is 10.0. The van der Waals surface area contributed by atoms with Crippen LogP contribution in [0.5, 0.6) is 0 Å². The Balaban J connectivity index is 1.52. The van der Waals surface area contributed by atoms with Crippen LogP contribution in [0.4, 0.5) is 11.5 Å². The Labute approximate surface area is 192 Å². The van der Waals surface area contributed by atoms with Crippen LogP contribution >= 0.6 is 22.9 Å². The van der Waals surface area contributed by atoms with Gasteiger partial charge in [0.1, 0.15) is 10.6 Å². The monoisotopic (exact) mass is 448 g/mol. The molecule has 0 radical (unpaired) electrons. The van der Waals surface area contributed by atoms with Gasteiger partial charge in [0, 0.05) is 42.3 Å². The van der Waals surface area contributed by atoms with Crippen molar-refractivity contribution in [3.05, 3.63) is 69.8 Å². The molecule has 0 N–H and O–H groups in total. The first-order valence-corrected chi connectivity index (χ1v) is 11.8. The van der Waals surface area contributed by atoms with Crippen molar-refractivity contribution < 1.29 is 0 Å². The molecule has 0 saturated carbocycles. The molecule has 0 unspecified atom stereocenters. The number of benzene rings is 2. The molecule has 2 aromatic carbocycles. The van der Waals surface area contributed by atoms with Crippen molar-refractivity contribution in [2.24, 2.45) is 0 Å². The van der Waals surface area contributed by atoms with Crippen LogP contribution in [0, 0.1) is 20.8 Å². The number of aromatic nitrogens is 2. The van der Waals surface area contributed by atoms with E-state index in [9.17, 15) is 0 Å². The van der Waals surface area contributed by atoms with Crippen LogP contribution in [0.15, 0.2) is 48.5 Å². The summed E-state index contributed by atoms with van der Waals surface area (Å²) >= 11 is 8.06. The summed E-state index contributed by atoms with van der Waals surface area (Å²) in [6.07, 6.45) is 0. The van der Waals surface area contributed by atoms with Gasteiger partial charge in [-0.2, -0.15) is 4.98 Å². The number of halogens is 1. The van der Waals surface area contributed by atoms with Crippen LogP contribution in [0.2, 0.25) is 5.28 Å². The Morgan fingerprint density at radius 1 is 0.839 bits per heavy atom. The van der Waals surface area contributed by atoms with E-state index in [2.05, 4.69) is 78.0 Å². The first kappa shape index (κ1) is 20.3. The second-order valence-corrected chi connectivity index (χ2v) is 9.63. The molecule has 2 aromatic heterocycles. The lowest BCUT2D eigenvalue weighted by molar-refractivity contribution is 0.647. The summed E-state index contributed by atoms with van der Waals surface area (Å²) in [5, 5.41) is 1.44. The van der Waals surface area contributed by atoms with Crippen molar-refractivity contribution in [2.75, 3.05) is 36.0 Å². The van der Waals surface area contributed by atoms with E-state index in [-0.39, 0.29) is 0 Å². The number of piperazine rings is 1. The smallest absolute Gasteiger partial charge is 0.225 e. The van der Waals surface area contributed by atoms with Crippen molar-refractivity contribution in [3.8, 4) is 11.1 Å². The lowest BCUT2D eigenvalue weighted by Crippen LogP contribution is -2.47. The number of rotatable bonds is 3. The van der Waals surface area contributed by atoms with Gasteiger partial charge >= 0.3 is 0 Å². The van der Waals surface area contributed by atoms with E-state index >= 15 is 0 Å². The summed E-state index contributed by atoms with van der Waals surface area (Å²) in [4.78, 5) is 16.3. The summed E-state index contributed by atoms with van der Waals surface area (Å²) in [6.45, 7) is 10.3. The molecule has 0 aliphatic carbocycles. The number of hydrogen-bond acceptors (Lipinski definition) is 5. The fourth-order valence-corrected chi connectivity index (χ4v) is 5.74. The number of anilines is 2. The van der Waals surface area contributed by atoms with Crippen LogP contribution in [0.1, 0.15) is 16.0 Å². The van der Waals surface area contributed by atoms with Gasteiger partial charge in [-0.1, -0.05) is 42.5 Å². The summed E-state index contributed by atoms with van der Waals surface area (Å²) in [6, 6.07) is 17.1. The highest BCUT2D eigenvalue weighted by Crippen LogP contribution is 2.42. The van der Waals surface area contributed by atoms with Crippen molar-refractivity contribution in [3.63, 3.8) is 0 Å². The van der Waals surface area contributed by atoms with E-state index in [1.165, 1.54) is 32.8 Å². The molecule has 158 valence electrons. The average Bonchev–Trinajstić information content (AvgIpc) is 3.11. The van der Waals surface area contributed by atoms with Crippen LogP contribution in [-0.2, 0) is 0 Å². The minimum absolute atomic E-state index is 0.320. The molecular weight excluding hydrogens is 424 g/mol. The minimum atomic E-state index is 0.320. The van der Waals surface area contributed by atoms with E-state index in [1.807, 2.05) is 6.07 Å². The highest BCUT2D eigenvalue weighted by Gasteiger charge is 2.25. The number of thiophene rings is 1. The summed E-state index contributed by atoms with van der Waals surface area (Å²) < 4.78 is 0. The molecule has 0 bridgehead atoms. The fourth-order valence-electron chi connectivity index (χ4n) is 4.49. The van der Waals surface area contributed by atoms with Crippen molar-refractivity contribution in [1.29, 1.82) is 0 Å². The van der Waals surface area contributed by atoms with Crippen LogP contribution < -0.4 is 9.80 Å². The molecule has 1 saturated heterocycles. The van der Waals surface area contributed by atoms with E-state index in [4.69, 9.17) is 16.6 Å². The van der Waals surface area contributed by atoms with Gasteiger partial charge in [0.25, 0.3) is 0 Å². The molecule has 4 nitrogen and oxygen atoms in total. The maximum Gasteiger partial charge on any atom is 0.225 e. The van der Waals surface area contributed by atoms with Gasteiger partial charge < -0.3 is 9.80 Å². The van der Waals surface area contributed by atoms with Gasteiger partial charge in [0.2, 0.25) is 5.28 Å². The van der Waals surface area contributed by atoms with Gasteiger partial charge in [0.05, 0.1) is 5.39 Å². The largest absolute Gasteiger partial charge is 0.368 e. The zero-order chi connectivity index (χ0) is 21.5. The van der Waals surface area contributed by atoms with Gasteiger partial charge in [-0.05, 0) is 55.1 Å². The fraction of sp³-hybridized carbons (Fsp3) is 0.280. The Morgan fingerprint density at radius 2 is 1.55 bits per heavy atom. The number of hydrogen-bond donors (Lipinski definition) is 0. The van der Waals surface area contributed by atoms with Gasteiger partial charge in [-0.3, -0.25) is 0 Å². The quantitative estimate of drug-likeness (QED) is 0.346. The average molecular weight is 449 g/mol. The van der Waals surface area contributed by atoms with E-state index in [0.717, 1.165) is 42.2 Å². The number of aryl methyl sites for hydroxylation is 2. The molecule has 31 heavy (non-hydrogen) atoms. The molecule has 3 heterocycles. The molecule has 1 aliphatic heterocycles. The standard InChI is InChI=1S/C25H25ClN4S/c1-16-8-7-11-20(17(16)2)29-12-14-30(15-13-29)23-22-21(19-9-5-4-6-10-19)18(3)31-24(22)28-25(26)27-23/h4-11H,12-15H2,1-3H3. The minimum Gasteiger partial charge on any atom is -0.368 e. The maximum atomic E-state index is 6.36. The zero-order valence-electron chi connectivity index (χ0n) is 18.0. The molecule has 1 aliphatic rings. The third kappa shape index (κ3) is 3.66. The van der Waals surface area contributed by atoms with Crippen LogP contribution in [0.25, 0.3) is 21.3 Å². The Hall–Kier alpha value is -2.63. The lowest BCUT2D eigenvalue weighted by Gasteiger charge is -2.38.